The Bertz CT molecular complexity index is 745. The van der Waals surface area contributed by atoms with Gasteiger partial charge < -0.3 is 4.98 Å². The topological polar surface area (TPSA) is 33.6 Å². The van der Waals surface area contributed by atoms with Crippen LogP contribution in [0, 0.1) is 4.77 Å². The van der Waals surface area contributed by atoms with Gasteiger partial charge in [0.2, 0.25) is 0 Å². The molecule has 1 N–H and O–H groups in total. The predicted molar refractivity (Wildman–Crippen MR) is 74.0 cm³/mol. The summed E-state index contributed by atoms with van der Waals surface area (Å²) in [5, 5.41) is 0. The number of aromatic nitrogens is 3. The van der Waals surface area contributed by atoms with Crippen molar-refractivity contribution in [2.75, 3.05) is 0 Å². The highest BCUT2D eigenvalue weighted by molar-refractivity contribution is 9.10. The number of hydrogen-bond acceptors (Lipinski definition) is 2. The third-order valence-corrected chi connectivity index (χ3v) is 3.33. The molecule has 0 aliphatic heterocycles. The van der Waals surface area contributed by atoms with E-state index in [1.807, 2.05) is 34.9 Å². The summed E-state index contributed by atoms with van der Waals surface area (Å²) in [6, 6.07) is 9.98. The third kappa shape index (κ3) is 1.81. The van der Waals surface area contributed by atoms with Gasteiger partial charge in [-0.25, -0.2) is 0 Å². The van der Waals surface area contributed by atoms with Crippen molar-refractivity contribution in [2.45, 2.75) is 0 Å². The molecule has 0 aliphatic carbocycles. The van der Waals surface area contributed by atoms with Gasteiger partial charge in [-0.2, -0.15) is 0 Å². The maximum atomic E-state index is 5.34. The Balaban J connectivity index is 2.37. The van der Waals surface area contributed by atoms with E-state index in [0.29, 0.717) is 4.77 Å². The average Bonchev–Trinajstić information content (AvgIpc) is 2.64. The fourth-order valence-corrected chi connectivity index (χ4v) is 2.53. The quantitative estimate of drug-likeness (QED) is 0.693. The molecule has 0 radical (unpaired) electrons. The monoisotopic (exact) mass is 305 g/mol. The molecule has 0 saturated carbocycles. The first kappa shape index (κ1) is 10.7. The molecule has 17 heavy (non-hydrogen) atoms. The largest absolute Gasteiger partial charge is 0.329 e. The lowest BCUT2D eigenvalue weighted by atomic mass is 10.3. The number of nitrogens with zero attached hydrogens (tertiary/aromatic N) is 2. The van der Waals surface area contributed by atoms with E-state index >= 15 is 0 Å². The molecule has 0 aliphatic rings. The molecule has 2 heterocycles. The number of H-pyrrole nitrogens is 1. The Labute approximate surface area is 111 Å². The normalized spacial score (nSPS) is 10.9. The maximum Gasteiger partial charge on any atom is 0.182 e. The SMILES string of the molecule is S=c1[nH]c2cnccc2n1-c1cccc(Br)c1. The zero-order valence-corrected chi connectivity index (χ0v) is 11.1. The van der Waals surface area contributed by atoms with Crippen LogP contribution in [0.3, 0.4) is 0 Å². The van der Waals surface area contributed by atoms with E-state index in [4.69, 9.17) is 12.2 Å². The highest BCUT2D eigenvalue weighted by Gasteiger charge is 2.05. The van der Waals surface area contributed by atoms with E-state index in [-0.39, 0.29) is 0 Å². The number of nitrogens with one attached hydrogen (secondary N) is 1. The van der Waals surface area contributed by atoms with Crippen LogP contribution in [-0.4, -0.2) is 14.5 Å². The molecule has 0 unspecified atom stereocenters. The van der Waals surface area contributed by atoms with Crippen molar-refractivity contribution in [1.29, 1.82) is 0 Å². The van der Waals surface area contributed by atoms with Crippen LogP contribution in [0.15, 0.2) is 47.2 Å². The lowest BCUT2D eigenvalue weighted by Gasteiger charge is -2.04. The minimum absolute atomic E-state index is 0.672. The van der Waals surface area contributed by atoms with E-state index in [2.05, 4.69) is 25.9 Å². The number of benzene rings is 1. The van der Waals surface area contributed by atoms with Gasteiger partial charge in [-0.3, -0.25) is 9.55 Å². The summed E-state index contributed by atoms with van der Waals surface area (Å²) in [7, 11) is 0. The van der Waals surface area contributed by atoms with E-state index in [0.717, 1.165) is 21.2 Å². The molecule has 84 valence electrons. The first-order valence-corrected chi connectivity index (χ1v) is 6.26. The minimum atomic E-state index is 0.672. The average molecular weight is 306 g/mol. The standard InChI is InChI=1S/C12H8BrN3S/c13-8-2-1-3-9(6-8)16-11-4-5-14-7-10(11)15-12(16)17/h1-7H,(H,15,17). The van der Waals surface area contributed by atoms with Gasteiger partial charge in [0.15, 0.2) is 4.77 Å². The van der Waals surface area contributed by atoms with Gasteiger partial charge in [-0.1, -0.05) is 22.0 Å². The summed E-state index contributed by atoms with van der Waals surface area (Å²) in [5.74, 6) is 0. The molecular formula is C12H8BrN3S. The van der Waals surface area contributed by atoms with Crippen molar-refractivity contribution < 1.29 is 0 Å². The zero-order valence-electron chi connectivity index (χ0n) is 8.72. The van der Waals surface area contributed by atoms with E-state index < -0.39 is 0 Å². The first-order chi connectivity index (χ1) is 8.25. The molecule has 0 bridgehead atoms. The lowest BCUT2D eigenvalue weighted by molar-refractivity contribution is 1.06. The van der Waals surface area contributed by atoms with Crippen LogP contribution in [0.1, 0.15) is 0 Å². The fraction of sp³-hybridized carbons (Fsp3) is 0. The summed E-state index contributed by atoms with van der Waals surface area (Å²) >= 11 is 8.81. The van der Waals surface area contributed by atoms with Crippen LogP contribution in [0.2, 0.25) is 0 Å². The van der Waals surface area contributed by atoms with Crippen molar-refractivity contribution in [3.63, 3.8) is 0 Å². The Morgan fingerprint density at radius 2 is 2.18 bits per heavy atom. The first-order valence-electron chi connectivity index (χ1n) is 5.06. The number of imidazole rings is 1. The number of fused-ring (bicyclic) bond motifs is 1. The molecule has 3 rings (SSSR count). The third-order valence-electron chi connectivity index (χ3n) is 2.55. The summed E-state index contributed by atoms with van der Waals surface area (Å²) in [4.78, 5) is 7.22. The van der Waals surface area contributed by atoms with Crippen molar-refractivity contribution in [2.24, 2.45) is 0 Å². The summed E-state index contributed by atoms with van der Waals surface area (Å²) < 4.78 is 3.70. The Kier molecular flexibility index (Phi) is 2.57. The van der Waals surface area contributed by atoms with Crippen molar-refractivity contribution in [3.8, 4) is 5.69 Å². The molecule has 0 spiro atoms. The van der Waals surface area contributed by atoms with Crippen LogP contribution in [0.4, 0.5) is 0 Å². The molecule has 0 fully saturated rings. The van der Waals surface area contributed by atoms with Crippen molar-refractivity contribution in [1.82, 2.24) is 14.5 Å². The highest BCUT2D eigenvalue weighted by Crippen LogP contribution is 2.21. The Morgan fingerprint density at radius 3 is 3.00 bits per heavy atom. The maximum absolute atomic E-state index is 5.34. The predicted octanol–water partition coefficient (Wildman–Crippen LogP) is 3.85. The second-order valence-electron chi connectivity index (χ2n) is 3.64. The van der Waals surface area contributed by atoms with Crippen LogP contribution in [0.25, 0.3) is 16.7 Å². The van der Waals surface area contributed by atoms with E-state index in [9.17, 15) is 0 Å². The number of hydrogen-bond donors (Lipinski definition) is 1. The van der Waals surface area contributed by atoms with Crippen LogP contribution in [0.5, 0.6) is 0 Å². The molecule has 3 nitrogen and oxygen atoms in total. The number of aromatic amines is 1. The molecule has 2 aromatic heterocycles. The Hall–Kier alpha value is -1.46. The summed E-state index contributed by atoms with van der Waals surface area (Å²) in [6.07, 6.45) is 3.54. The minimum Gasteiger partial charge on any atom is -0.329 e. The van der Waals surface area contributed by atoms with Crippen molar-refractivity contribution in [3.05, 3.63) is 52.0 Å². The second kappa shape index (κ2) is 4.09. The van der Waals surface area contributed by atoms with Gasteiger partial charge in [-0.15, -0.1) is 0 Å². The zero-order chi connectivity index (χ0) is 11.8. The molecular weight excluding hydrogens is 298 g/mol. The molecule has 0 amide bonds. The van der Waals surface area contributed by atoms with Gasteiger partial charge in [-0.05, 0) is 36.5 Å². The van der Waals surface area contributed by atoms with Gasteiger partial charge in [0.05, 0.1) is 17.2 Å². The van der Waals surface area contributed by atoms with Crippen LogP contribution in [-0.2, 0) is 0 Å². The van der Waals surface area contributed by atoms with Crippen molar-refractivity contribution >= 4 is 39.2 Å². The second-order valence-corrected chi connectivity index (χ2v) is 4.94. The van der Waals surface area contributed by atoms with Gasteiger partial charge >= 0.3 is 0 Å². The molecule has 0 saturated heterocycles. The highest BCUT2D eigenvalue weighted by atomic mass is 79.9. The van der Waals surface area contributed by atoms with Crippen LogP contribution >= 0.6 is 28.1 Å². The molecule has 3 aromatic rings. The van der Waals surface area contributed by atoms with Gasteiger partial charge in [0.25, 0.3) is 0 Å². The van der Waals surface area contributed by atoms with Gasteiger partial charge in [0.1, 0.15) is 0 Å². The number of pyridine rings is 1. The lowest BCUT2D eigenvalue weighted by Crippen LogP contribution is -1.93. The number of rotatable bonds is 1. The summed E-state index contributed by atoms with van der Waals surface area (Å²) in [5.41, 5.74) is 3.00. The molecule has 1 aromatic carbocycles. The number of halogens is 1. The van der Waals surface area contributed by atoms with E-state index in [1.165, 1.54) is 0 Å². The summed E-state index contributed by atoms with van der Waals surface area (Å²) in [6.45, 7) is 0. The smallest absolute Gasteiger partial charge is 0.182 e. The van der Waals surface area contributed by atoms with E-state index in [1.54, 1.807) is 12.4 Å². The van der Waals surface area contributed by atoms with Gasteiger partial charge in [0, 0.05) is 16.4 Å². The van der Waals surface area contributed by atoms with Crippen LogP contribution < -0.4 is 0 Å². The molecule has 5 heteroatoms. The fourth-order valence-electron chi connectivity index (χ4n) is 1.83. The Morgan fingerprint density at radius 1 is 1.29 bits per heavy atom. The molecule has 0 atom stereocenters.